The maximum Gasteiger partial charge on any atom is 0.409 e. The van der Waals surface area contributed by atoms with Crippen molar-refractivity contribution in [2.45, 2.75) is 31.1 Å². The quantitative estimate of drug-likeness (QED) is 0.713. The van der Waals surface area contributed by atoms with Gasteiger partial charge in [0.2, 0.25) is 10.0 Å². The molecule has 2 aliphatic heterocycles. The van der Waals surface area contributed by atoms with E-state index in [1.54, 1.807) is 16.7 Å². The molecular formula is C19H26ClN3O5S. The van der Waals surface area contributed by atoms with Gasteiger partial charge in [0, 0.05) is 44.8 Å². The molecule has 8 nitrogen and oxygen atoms in total. The molecule has 2 saturated heterocycles. The van der Waals surface area contributed by atoms with Gasteiger partial charge in [-0.15, -0.1) is 0 Å². The molecule has 3 rings (SSSR count). The Labute approximate surface area is 176 Å². The van der Waals surface area contributed by atoms with Crippen molar-refractivity contribution < 1.29 is 22.7 Å². The Kier molecular flexibility index (Phi) is 7.02. The molecule has 0 saturated carbocycles. The maximum atomic E-state index is 13.0. The van der Waals surface area contributed by atoms with Crippen LogP contribution >= 0.6 is 11.6 Å². The van der Waals surface area contributed by atoms with Crippen LogP contribution in [0.4, 0.5) is 4.79 Å². The lowest BCUT2D eigenvalue weighted by molar-refractivity contribution is 0.0570. The summed E-state index contributed by atoms with van der Waals surface area (Å²) in [5.74, 6) is -0.278. The predicted molar refractivity (Wildman–Crippen MR) is 109 cm³/mol. The topological polar surface area (TPSA) is 87.2 Å². The van der Waals surface area contributed by atoms with Gasteiger partial charge < -0.3 is 14.5 Å². The molecule has 2 heterocycles. The molecule has 160 valence electrons. The summed E-state index contributed by atoms with van der Waals surface area (Å²) in [7, 11) is -3.74. The average Bonchev–Trinajstić information content (AvgIpc) is 2.74. The van der Waals surface area contributed by atoms with Gasteiger partial charge in [0.1, 0.15) is 4.90 Å². The molecule has 0 aromatic heterocycles. The first kappa shape index (κ1) is 21.9. The summed E-state index contributed by atoms with van der Waals surface area (Å²) in [6, 6.07) is 4.37. The van der Waals surface area contributed by atoms with Crippen molar-refractivity contribution in [1.82, 2.24) is 14.1 Å². The Bertz CT molecular complexity index is 863. The number of ether oxygens (including phenoxy) is 1. The highest BCUT2D eigenvalue weighted by Gasteiger charge is 2.30. The van der Waals surface area contributed by atoms with Crippen LogP contribution in [0.15, 0.2) is 23.1 Å². The number of amides is 2. The third-order valence-corrected chi connectivity index (χ3v) is 7.58. The molecule has 10 heteroatoms. The molecule has 0 atom stereocenters. The van der Waals surface area contributed by atoms with Crippen LogP contribution in [-0.4, -0.2) is 80.4 Å². The third-order valence-electron chi connectivity index (χ3n) is 5.20. The minimum atomic E-state index is -3.74. The van der Waals surface area contributed by atoms with Gasteiger partial charge in [0.05, 0.1) is 11.6 Å². The summed E-state index contributed by atoms with van der Waals surface area (Å²) in [4.78, 5) is 27.8. The molecule has 2 aliphatic rings. The normalized spacial score (nSPS) is 18.6. The minimum absolute atomic E-state index is 0.0305. The largest absolute Gasteiger partial charge is 0.450 e. The van der Waals surface area contributed by atoms with E-state index in [0.29, 0.717) is 45.9 Å². The van der Waals surface area contributed by atoms with E-state index in [1.165, 1.54) is 22.5 Å². The first-order chi connectivity index (χ1) is 13.8. The smallest absolute Gasteiger partial charge is 0.409 e. The molecular weight excluding hydrogens is 418 g/mol. The van der Waals surface area contributed by atoms with Crippen LogP contribution in [0.3, 0.4) is 0 Å². The lowest BCUT2D eigenvalue weighted by Crippen LogP contribution is -2.50. The van der Waals surface area contributed by atoms with Crippen molar-refractivity contribution in [3.63, 3.8) is 0 Å². The number of sulfonamides is 1. The van der Waals surface area contributed by atoms with E-state index < -0.39 is 10.0 Å². The van der Waals surface area contributed by atoms with Gasteiger partial charge in [-0.25, -0.2) is 13.2 Å². The molecule has 2 fully saturated rings. The van der Waals surface area contributed by atoms with Gasteiger partial charge in [-0.3, -0.25) is 4.79 Å². The monoisotopic (exact) mass is 443 g/mol. The van der Waals surface area contributed by atoms with Crippen LogP contribution in [0.25, 0.3) is 0 Å². The first-order valence-corrected chi connectivity index (χ1v) is 11.7. The van der Waals surface area contributed by atoms with Gasteiger partial charge in [-0.2, -0.15) is 4.31 Å². The zero-order valence-electron chi connectivity index (χ0n) is 16.5. The molecule has 29 heavy (non-hydrogen) atoms. The highest BCUT2D eigenvalue weighted by Crippen LogP contribution is 2.28. The lowest BCUT2D eigenvalue weighted by atomic mass is 10.2. The average molecular weight is 444 g/mol. The fraction of sp³-hybridized carbons (Fsp3) is 0.579. The Hall–Kier alpha value is -1.84. The second kappa shape index (κ2) is 9.32. The van der Waals surface area contributed by atoms with E-state index in [0.717, 1.165) is 19.3 Å². The van der Waals surface area contributed by atoms with Crippen LogP contribution in [0.1, 0.15) is 36.5 Å². The van der Waals surface area contributed by atoms with E-state index in [2.05, 4.69) is 0 Å². The van der Waals surface area contributed by atoms with Crippen LogP contribution in [0.2, 0.25) is 5.02 Å². The zero-order valence-corrected chi connectivity index (χ0v) is 18.0. The zero-order chi connectivity index (χ0) is 21.0. The number of rotatable bonds is 4. The highest BCUT2D eigenvalue weighted by atomic mass is 35.5. The number of benzene rings is 1. The van der Waals surface area contributed by atoms with Crippen molar-refractivity contribution >= 4 is 33.6 Å². The fourth-order valence-electron chi connectivity index (χ4n) is 3.57. The summed E-state index contributed by atoms with van der Waals surface area (Å²) in [5, 5.41) is 0.110. The first-order valence-electron chi connectivity index (χ1n) is 9.85. The van der Waals surface area contributed by atoms with Crippen LogP contribution in [-0.2, 0) is 14.8 Å². The lowest BCUT2D eigenvalue weighted by Gasteiger charge is -2.34. The van der Waals surface area contributed by atoms with E-state index in [4.69, 9.17) is 16.3 Å². The number of hydrogen-bond acceptors (Lipinski definition) is 5. The molecule has 0 aliphatic carbocycles. The maximum absolute atomic E-state index is 13.0. The molecule has 0 unspecified atom stereocenters. The Morgan fingerprint density at radius 2 is 1.62 bits per heavy atom. The van der Waals surface area contributed by atoms with Gasteiger partial charge >= 0.3 is 6.09 Å². The van der Waals surface area contributed by atoms with E-state index in [-0.39, 0.29) is 27.5 Å². The van der Waals surface area contributed by atoms with Crippen LogP contribution in [0.5, 0.6) is 0 Å². The van der Waals surface area contributed by atoms with Crippen molar-refractivity contribution in [3.8, 4) is 0 Å². The van der Waals surface area contributed by atoms with Crippen LogP contribution < -0.4 is 0 Å². The fourth-order valence-corrected chi connectivity index (χ4v) is 5.59. The minimum Gasteiger partial charge on any atom is -0.450 e. The predicted octanol–water partition coefficient (Wildman–Crippen LogP) is 2.43. The molecule has 1 aromatic carbocycles. The molecule has 0 bridgehead atoms. The second-order valence-corrected chi connectivity index (χ2v) is 9.40. The van der Waals surface area contributed by atoms with Crippen molar-refractivity contribution in [2.24, 2.45) is 0 Å². The number of nitrogens with zero attached hydrogens (tertiary/aromatic N) is 3. The number of hydrogen-bond donors (Lipinski definition) is 0. The molecule has 0 radical (unpaired) electrons. The van der Waals surface area contributed by atoms with Crippen molar-refractivity contribution in [3.05, 3.63) is 28.8 Å². The second-order valence-electron chi connectivity index (χ2n) is 7.09. The summed E-state index contributed by atoms with van der Waals surface area (Å²) >= 11 is 6.19. The molecule has 0 N–H and O–H groups in total. The van der Waals surface area contributed by atoms with E-state index in [9.17, 15) is 18.0 Å². The van der Waals surface area contributed by atoms with E-state index >= 15 is 0 Å². The van der Waals surface area contributed by atoms with Gasteiger partial charge in [-0.05, 0) is 38.0 Å². The van der Waals surface area contributed by atoms with Gasteiger partial charge in [-0.1, -0.05) is 18.0 Å². The summed E-state index contributed by atoms with van der Waals surface area (Å²) < 4.78 is 32.4. The number of carbonyl (C=O) groups is 2. The summed E-state index contributed by atoms with van der Waals surface area (Å²) in [6.07, 6.45) is 2.26. The van der Waals surface area contributed by atoms with Crippen molar-refractivity contribution in [2.75, 3.05) is 45.9 Å². The van der Waals surface area contributed by atoms with Gasteiger partial charge in [0.15, 0.2) is 0 Å². The molecule has 1 aromatic rings. The summed E-state index contributed by atoms with van der Waals surface area (Å²) in [5.41, 5.74) is 0.273. The standard InChI is InChI=1S/C19H26ClN3O5S/c1-2-28-19(25)22-12-10-21(11-13-22)18(24)15-6-7-16(20)17(14-15)29(26,27)23-8-4-3-5-9-23/h6-7,14H,2-5,8-13H2,1H3. The van der Waals surface area contributed by atoms with Gasteiger partial charge in [0.25, 0.3) is 5.91 Å². The Morgan fingerprint density at radius 3 is 2.24 bits per heavy atom. The highest BCUT2D eigenvalue weighted by molar-refractivity contribution is 7.89. The molecule has 2 amide bonds. The van der Waals surface area contributed by atoms with E-state index in [1.807, 2.05) is 0 Å². The molecule has 0 spiro atoms. The Balaban J connectivity index is 1.74. The Morgan fingerprint density at radius 1 is 1.00 bits per heavy atom. The SMILES string of the molecule is CCOC(=O)N1CCN(C(=O)c2ccc(Cl)c(S(=O)(=O)N3CCCCC3)c2)CC1. The number of carbonyl (C=O) groups excluding carboxylic acids is 2. The third kappa shape index (κ3) is 4.84. The summed E-state index contributed by atoms with van der Waals surface area (Å²) in [6.45, 7) is 4.43. The number of piperazine rings is 1. The number of halogens is 1. The number of piperidine rings is 1. The van der Waals surface area contributed by atoms with Crippen LogP contribution in [0, 0.1) is 0 Å². The van der Waals surface area contributed by atoms with Crippen molar-refractivity contribution in [1.29, 1.82) is 0 Å².